The number of nitrogens with one attached hydrogen (secondary N) is 2. The molecule has 0 aliphatic rings. The highest BCUT2D eigenvalue weighted by Gasteiger charge is 2.14. The Hall–Kier alpha value is -2.04. The average Bonchev–Trinajstić information content (AvgIpc) is 2.67. The van der Waals surface area contributed by atoms with Crippen molar-refractivity contribution >= 4 is 69.5 Å². The van der Waals surface area contributed by atoms with Crippen LogP contribution in [0.1, 0.15) is 25.8 Å². The highest BCUT2D eigenvalue weighted by atomic mass is 127. The summed E-state index contributed by atoms with van der Waals surface area (Å²) in [6.07, 6.45) is 1.02. The zero-order valence-corrected chi connectivity index (χ0v) is 20.1. The number of hydrogen-bond acceptors (Lipinski definition) is 5. The number of carbonyl (C=O) groups excluding carboxylic acids is 2. The van der Waals surface area contributed by atoms with E-state index in [0.717, 1.165) is 3.57 Å². The topological polar surface area (TPSA) is 89.0 Å². The zero-order chi connectivity index (χ0) is 22.3. The lowest BCUT2D eigenvalue weighted by Gasteiger charge is -2.15. The van der Waals surface area contributed by atoms with Crippen LogP contribution in [0.15, 0.2) is 35.4 Å². The molecule has 0 bridgehead atoms. The molecule has 7 nitrogen and oxygen atoms in total. The van der Waals surface area contributed by atoms with Gasteiger partial charge < -0.3 is 14.8 Å². The van der Waals surface area contributed by atoms with Gasteiger partial charge in [-0.25, -0.2) is 5.43 Å². The van der Waals surface area contributed by atoms with Crippen molar-refractivity contribution in [1.29, 1.82) is 0 Å². The van der Waals surface area contributed by atoms with Gasteiger partial charge in [0.05, 0.1) is 38.7 Å². The predicted molar refractivity (Wildman–Crippen MR) is 127 cm³/mol. The summed E-state index contributed by atoms with van der Waals surface area (Å²) in [5, 5.41) is 6.94. The predicted octanol–water partition coefficient (Wildman–Crippen LogP) is 4.87. The number of benzene rings is 2. The number of methoxy groups -OCH3 is 1. The van der Waals surface area contributed by atoms with E-state index in [1.54, 1.807) is 31.4 Å². The fourth-order valence-electron chi connectivity index (χ4n) is 2.32. The summed E-state index contributed by atoms with van der Waals surface area (Å²) >= 11 is 14.0. The molecule has 2 aromatic rings. The summed E-state index contributed by atoms with van der Waals surface area (Å²) in [6, 6.07) is 8.40. The Morgan fingerprint density at radius 3 is 2.63 bits per heavy atom. The lowest BCUT2D eigenvalue weighted by molar-refractivity contribution is -0.126. The van der Waals surface area contributed by atoms with Gasteiger partial charge in [-0.3, -0.25) is 9.59 Å². The molecule has 0 atom stereocenters. The Bertz CT molecular complexity index is 967. The normalized spacial score (nSPS) is 10.9. The first-order valence-corrected chi connectivity index (χ1v) is 10.6. The third-order valence-corrected chi connectivity index (χ3v) is 5.18. The van der Waals surface area contributed by atoms with E-state index in [0.29, 0.717) is 27.8 Å². The van der Waals surface area contributed by atoms with E-state index in [4.69, 9.17) is 32.7 Å². The van der Waals surface area contributed by atoms with Crippen molar-refractivity contribution in [2.24, 2.45) is 5.10 Å². The fourth-order valence-corrected chi connectivity index (χ4v) is 3.42. The van der Waals surface area contributed by atoms with Crippen LogP contribution in [-0.2, 0) is 9.59 Å². The van der Waals surface area contributed by atoms with Crippen LogP contribution in [0.3, 0.4) is 0 Å². The van der Waals surface area contributed by atoms with Crippen LogP contribution in [0, 0.1) is 3.57 Å². The number of rotatable bonds is 8. The van der Waals surface area contributed by atoms with Gasteiger partial charge in [-0.05, 0) is 66.3 Å². The van der Waals surface area contributed by atoms with E-state index in [1.165, 1.54) is 6.21 Å². The summed E-state index contributed by atoms with van der Waals surface area (Å²) in [5.41, 5.74) is 3.34. The highest BCUT2D eigenvalue weighted by Crippen LogP contribution is 2.34. The lowest BCUT2D eigenvalue weighted by Crippen LogP contribution is -2.24. The van der Waals surface area contributed by atoms with Crippen LogP contribution in [0.2, 0.25) is 10.0 Å². The molecule has 2 N–H and O–H groups in total. The van der Waals surface area contributed by atoms with Crippen molar-refractivity contribution in [2.45, 2.75) is 26.4 Å². The molecule has 2 rings (SSSR count). The fraction of sp³-hybridized carbons (Fsp3) is 0.250. The van der Waals surface area contributed by atoms with Crippen molar-refractivity contribution in [3.63, 3.8) is 0 Å². The summed E-state index contributed by atoms with van der Waals surface area (Å²) in [4.78, 5) is 24.0. The summed E-state index contributed by atoms with van der Waals surface area (Å²) in [6.45, 7) is 3.85. The molecule has 0 aliphatic carbocycles. The maximum absolute atomic E-state index is 12.0. The minimum atomic E-state index is -0.580. The molecule has 0 fully saturated rings. The SMILES string of the molecule is COc1cc(C=NNC(=O)CC(=O)Nc2cccc(Cl)c2Cl)cc(I)c1OC(C)C. The Morgan fingerprint density at radius 1 is 1.23 bits per heavy atom. The monoisotopic (exact) mass is 563 g/mol. The second-order valence-electron chi connectivity index (χ2n) is 6.32. The van der Waals surface area contributed by atoms with Gasteiger partial charge in [-0.2, -0.15) is 5.10 Å². The van der Waals surface area contributed by atoms with Crippen molar-refractivity contribution in [3.8, 4) is 11.5 Å². The van der Waals surface area contributed by atoms with Gasteiger partial charge in [0.1, 0.15) is 6.42 Å². The second-order valence-corrected chi connectivity index (χ2v) is 8.27. The highest BCUT2D eigenvalue weighted by molar-refractivity contribution is 14.1. The molecule has 0 heterocycles. The molecule has 0 unspecified atom stereocenters. The number of hydrogen-bond donors (Lipinski definition) is 2. The second kappa shape index (κ2) is 11.4. The molecule has 0 radical (unpaired) electrons. The van der Waals surface area contributed by atoms with Gasteiger partial charge in [-0.15, -0.1) is 0 Å². The minimum Gasteiger partial charge on any atom is -0.493 e. The maximum Gasteiger partial charge on any atom is 0.249 e. The molecule has 2 aromatic carbocycles. The van der Waals surface area contributed by atoms with Crippen LogP contribution in [-0.4, -0.2) is 31.2 Å². The Morgan fingerprint density at radius 2 is 1.97 bits per heavy atom. The van der Waals surface area contributed by atoms with E-state index >= 15 is 0 Å². The third kappa shape index (κ3) is 7.03. The smallest absolute Gasteiger partial charge is 0.249 e. The molecule has 30 heavy (non-hydrogen) atoms. The van der Waals surface area contributed by atoms with Gasteiger partial charge in [0.15, 0.2) is 11.5 Å². The number of ether oxygens (including phenoxy) is 2. The molecular weight excluding hydrogens is 544 g/mol. The van der Waals surface area contributed by atoms with Gasteiger partial charge in [-0.1, -0.05) is 29.3 Å². The first-order chi connectivity index (χ1) is 14.2. The number of halogens is 3. The summed E-state index contributed by atoms with van der Waals surface area (Å²) in [7, 11) is 1.55. The number of carbonyl (C=O) groups is 2. The molecule has 160 valence electrons. The largest absolute Gasteiger partial charge is 0.493 e. The number of hydrazone groups is 1. The van der Waals surface area contributed by atoms with E-state index in [1.807, 2.05) is 19.9 Å². The molecular formula is C20H20Cl2IN3O4. The third-order valence-electron chi connectivity index (χ3n) is 3.55. The van der Waals surface area contributed by atoms with Crippen LogP contribution in [0.4, 0.5) is 5.69 Å². The lowest BCUT2D eigenvalue weighted by atomic mass is 10.2. The first-order valence-electron chi connectivity index (χ1n) is 8.81. The van der Waals surface area contributed by atoms with Crippen LogP contribution in [0.25, 0.3) is 0 Å². The molecule has 0 aromatic heterocycles. The Balaban J connectivity index is 1.96. The number of nitrogens with zero attached hydrogens (tertiary/aromatic N) is 1. The van der Waals surface area contributed by atoms with E-state index in [2.05, 4.69) is 38.4 Å². The Kier molecular flexibility index (Phi) is 9.19. The molecule has 0 saturated carbocycles. The summed E-state index contributed by atoms with van der Waals surface area (Å²) < 4.78 is 12.0. The van der Waals surface area contributed by atoms with E-state index < -0.39 is 18.2 Å². The van der Waals surface area contributed by atoms with Gasteiger partial charge in [0.2, 0.25) is 11.8 Å². The van der Waals surface area contributed by atoms with Crippen molar-refractivity contribution in [3.05, 3.63) is 49.5 Å². The standard InChI is InChI=1S/C20H20Cl2IN3O4/c1-11(2)30-20-14(23)7-12(8-16(20)29-3)10-24-26-18(28)9-17(27)25-15-6-4-5-13(21)19(15)22/h4-8,10-11H,9H2,1-3H3,(H,25,27)(H,26,28). The quantitative estimate of drug-likeness (QED) is 0.207. The Labute approximate surface area is 198 Å². The number of anilines is 1. The van der Waals surface area contributed by atoms with Gasteiger partial charge in [0.25, 0.3) is 0 Å². The molecule has 0 aliphatic heterocycles. The van der Waals surface area contributed by atoms with Crippen LogP contribution in [0.5, 0.6) is 11.5 Å². The van der Waals surface area contributed by atoms with Gasteiger partial charge in [0, 0.05) is 0 Å². The molecule has 2 amide bonds. The van der Waals surface area contributed by atoms with Crippen molar-refractivity contribution in [2.75, 3.05) is 12.4 Å². The van der Waals surface area contributed by atoms with Crippen molar-refractivity contribution in [1.82, 2.24) is 5.43 Å². The first kappa shape index (κ1) is 24.2. The minimum absolute atomic E-state index is 0.000777. The average molecular weight is 564 g/mol. The molecule has 10 heteroatoms. The van der Waals surface area contributed by atoms with Crippen molar-refractivity contribution < 1.29 is 19.1 Å². The van der Waals surface area contributed by atoms with E-state index in [-0.39, 0.29) is 11.1 Å². The van der Waals surface area contributed by atoms with E-state index in [9.17, 15) is 9.59 Å². The zero-order valence-electron chi connectivity index (χ0n) is 16.5. The van der Waals surface area contributed by atoms with Crippen LogP contribution >= 0.6 is 45.8 Å². The summed E-state index contributed by atoms with van der Waals surface area (Å²) in [5.74, 6) is 0.0772. The number of amides is 2. The maximum atomic E-state index is 12.0. The molecule has 0 spiro atoms. The van der Waals surface area contributed by atoms with Crippen LogP contribution < -0.4 is 20.2 Å². The van der Waals surface area contributed by atoms with Gasteiger partial charge >= 0.3 is 0 Å². The molecule has 0 saturated heterocycles.